The summed E-state index contributed by atoms with van der Waals surface area (Å²) in [6, 6.07) is 0. The van der Waals surface area contributed by atoms with Gasteiger partial charge in [0.05, 0.1) is 12.5 Å². The lowest BCUT2D eigenvalue weighted by Gasteiger charge is -2.06. The van der Waals surface area contributed by atoms with E-state index in [4.69, 9.17) is 4.74 Å². The van der Waals surface area contributed by atoms with Crippen molar-refractivity contribution in [1.82, 2.24) is 0 Å². The lowest BCUT2D eigenvalue weighted by molar-refractivity contribution is -0.147. The van der Waals surface area contributed by atoms with Crippen LogP contribution in [0.3, 0.4) is 0 Å². The van der Waals surface area contributed by atoms with Crippen molar-refractivity contribution >= 4 is 21.9 Å². The molecule has 0 aliphatic rings. The number of esters is 1. The minimum Gasteiger partial charge on any atom is -0.465 e. The van der Waals surface area contributed by atoms with Gasteiger partial charge in [-0.1, -0.05) is 29.8 Å². The number of hydrogen-bond acceptors (Lipinski definition) is 2. The quantitative estimate of drug-likeness (QED) is 0.522. The molecule has 0 aliphatic heterocycles. The predicted molar refractivity (Wildman–Crippen MR) is 44.2 cm³/mol. The lowest BCUT2D eigenvalue weighted by Crippen LogP contribution is -2.16. The van der Waals surface area contributed by atoms with Gasteiger partial charge in [0.25, 0.3) is 0 Å². The van der Waals surface area contributed by atoms with Gasteiger partial charge in [-0.2, -0.15) is 0 Å². The Hall–Kier alpha value is -0.0500. The molecule has 0 N–H and O–H groups in total. The summed E-state index contributed by atoms with van der Waals surface area (Å²) in [4.78, 5) is 10.9. The van der Waals surface area contributed by atoms with Crippen LogP contribution in [0, 0.1) is 5.92 Å². The molecule has 1 atom stereocenters. The molecule has 0 aromatic carbocycles. The molecular formula is C7H13BrO2. The second-order valence-corrected chi connectivity index (χ2v) is 2.87. The van der Waals surface area contributed by atoms with E-state index in [0.29, 0.717) is 11.9 Å². The van der Waals surface area contributed by atoms with Gasteiger partial charge in [0.1, 0.15) is 0 Å². The molecule has 0 fully saturated rings. The Labute approximate surface area is 70.1 Å². The normalized spacial score (nSPS) is 12.7. The van der Waals surface area contributed by atoms with Gasteiger partial charge in [-0.25, -0.2) is 0 Å². The van der Waals surface area contributed by atoms with Crippen LogP contribution in [0.15, 0.2) is 0 Å². The first-order valence-electron chi connectivity index (χ1n) is 3.45. The van der Waals surface area contributed by atoms with Crippen LogP contribution in [0.25, 0.3) is 0 Å². The summed E-state index contributed by atoms with van der Waals surface area (Å²) in [5.74, 6) is -0.134. The number of carbonyl (C=O) groups excluding carboxylic acids is 1. The highest BCUT2D eigenvalue weighted by Crippen LogP contribution is 2.02. The van der Waals surface area contributed by atoms with Crippen LogP contribution in [0.1, 0.15) is 20.3 Å². The van der Waals surface area contributed by atoms with E-state index in [-0.39, 0.29) is 11.9 Å². The van der Waals surface area contributed by atoms with E-state index in [9.17, 15) is 4.79 Å². The summed E-state index contributed by atoms with van der Waals surface area (Å²) in [7, 11) is 0. The predicted octanol–water partition coefficient (Wildman–Crippen LogP) is 1.97. The molecule has 0 amide bonds. The van der Waals surface area contributed by atoms with Gasteiger partial charge in [0, 0.05) is 5.33 Å². The number of carbonyl (C=O) groups is 1. The Balaban J connectivity index is 3.42. The van der Waals surface area contributed by atoms with Crippen LogP contribution >= 0.6 is 15.9 Å². The van der Waals surface area contributed by atoms with Gasteiger partial charge in [0.15, 0.2) is 0 Å². The molecule has 1 unspecified atom stereocenters. The highest BCUT2D eigenvalue weighted by Gasteiger charge is 2.11. The number of rotatable bonds is 4. The molecule has 0 aromatic heterocycles. The maximum absolute atomic E-state index is 10.9. The van der Waals surface area contributed by atoms with Crippen LogP contribution in [0.2, 0.25) is 0 Å². The Kier molecular flexibility index (Phi) is 5.69. The Morgan fingerprint density at radius 3 is 2.70 bits per heavy atom. The molecule has 0 aliphatic carbocycles. The summed E-state index contributed by atoms with van der Waals surface area (Å²) in [6.07, 6.45) is 0.890. The average molecular weight is 209 g/mol. The SMILES string of the molecule is CCCOC(=O)C(C)CBr. The van der Waals surface area contributed by atoms with E-state index in [0.717, 1.165) is 6.42 Å². The summed E-state index contributed by atoms with van der Waals surface area (Å²) in [6.45, 7) is 4.36. The smallest absolute Gasteiger partial charge is 0.309 e. The van der Waals surface area contributed by atoms with E-state index in [1.54, 1.807) is 0 Å². The number of alkyl halides is 1. The molecule has 0 spiro atoms. The maximum Gasteiger partial charge on any atom is 0.309 e. The monoisotopic (exact) mass is 208 g/mol. The second-order valence-electron chi connectivity index (χ2n) is 2.22. The number of hydrogen-bond donors (Lipinski definition) is 0. The van der Waals surface area contributed by atoms with Gasteiger partial charge in [-0.3, -0.25) is 4.79 Å². The zero-order chi connectivity index (χ0) is 7.98. The van der Waals surface area contributed by atoms with Crippen molar-refractivity contribution in [2.45, 2.75) is 20.3 Å². The molecule has 0 radical (unpaired) electrons. The molecular weight excluding hydrogens is 196 g/mol. The van der Waals surface area contributed by atoms with Gasteiger partial charge >= 0.3 is 5.97 Å². The standard InChI is InChI=1S/C7H13BrO2/c1-3-4-10-7(9)6(2)5-8/h6H,3-5H2,1-2H3. The topological polar surface area (TPSA) is 26.3 Å². The van der Waals surface area contributed by atoms with E-state index in [1.165, 1.54) is 0 Å². The maximum atomic E-state index is 10.9. The molecule has 2 nitrogen and oxygen atoms in total. The highest BCUT2D eigenvalue weighted by atomic mass is 79.9. The molecule has 10 heavy (non-hydrogen) atoms. The third kappa shape index (κ3) is 3.88. The van der Waals surface area contributed by atoms with Crippen LogP contribution in [-0.2, 0) is 9.53 Å². The third-order valence-corrected chi connectivity index (χ3v) is 2.05. The summed E-state index contributed by atoms with van der Waals surface area (Å²) in [5.41, 5.74) is 0. The van der Waals surface area contributed by atoms with Crippen molar-refractivity contribution in [3.8, 4) is 0 Å². The van der Waals surface area contributed by atoms with Gasteiger partial charge in [-0.05, 0) is 6.42 Å². The minimum atomic E-state index is -0.112. The van der Waals surface area contributed by atoms with Crippen molar-refractivity contribution in [1.29, 1.82) is 0 Å². The first kappa shape index (κ1) is 9.95. The molecule has 0 bridgehead atoms. The minimum absolute atomic E-state index is 0.0217. The van der Waals surface area contributed by atoms with Crippen molar-refractivity contribution in [3.63, 3.8) is 0 Å². The van der Waals surface area contributed by atoms with Crippen molar-refractivity contribution in [2.24, 2.45) is 5.92 Å². The molecule has 3 heteroatoms. The van der Waals surface area contributed by atoms with Crippen LogP contribution in [0.5, 0.6) is 0 Å². The van der Waals surface area contributed by atoms with E-state index >= 15 is 0 Å². The zero-order valence-electron chi connectivity index (χ0n) is 6.39. The fraction of sp³-hybridized carbons (Fsp3) is 0.857. The average Bonchev–Trinajstić information content (AvgIpc) is 1.98. The fourth-order valence-electron chi connectivity index (χ4n) is 0.408. The van der Waals surface area contributed by atoms with Gasteiger partial charge in [0.2, 0.25) is 0 Å². The van der Waals surface area contributed by atoms with Crippen LogP contribution < -0.4 is 0 Å². The molecule has 60 valence electrons. The second kappa shape index (κ2) is 5.71. The summed E-state index contributed by atoms with van der Waals surface area (Å²) >= 11 is 3.21. The van der Waals surface area contributed by atoms with Crippen molar-refractivity contribution in [3.05, 3.63) is 0 Å². The first-order valence-corrected chi connectivity index (χ1v) is 4.57. The number of halogens is 1. The molecule has 0 rings (SSSR count). The molecule has 0 aromatic rings. The van der Waals surface area contributed by atoms with Crippen LogP contribution in [0.4, 0.5) is 0 Å². The van der Waals surface area contributed by atoms with E-state index < -0.39 is 0 Å². The molecule has 0 heterocycles. The van der Waals surface area contributed by atoms with Crippen LogP contribution in [-0.4, -0.2) is 17.9 Å². The Morgan fingerprint density at radius 1 is 1.70 bits per heavy atom. The summed E-state index contributed by atoms with van der Waals surface area (Å²) in [5, 5.41) is 0.676. The van der Waals surface area contributed by atoms with Gasteiger partial charge in [-0.15, -0.1) is 0 Å². The van der Waals surface area contributed by atoms with Crippen molar-refractivity contribution in [2.75, 3.05) is 11.9 Å². The molecule has 0 saturated heterocycles. The number of ether oxygens (including phenoxy) is 1. The highest BCUT2D eigenvalue weighted by molar-refractivity contribution is 9.09. The fourth-order valence-corrected chi connectivity index (χ4v) is 0.672. The summed E-state index contributed by atoms with van der Waals surface area (Å²) < 4.78 is 4.87. The molecule has 0 saturated carbocycles. The first-order chi connectivity index (χ1) is 4.72. The van der Waals surface area contributed by atoms with Gasteiger partial charge < -0.3 is 4.74 Å². The third-order valence-electron chi connectivity index (χ3n) is 1.08. The lowest BCUT2D eigenvalue weighted by atomic mass is 10.2. The van der Waals surface area contributed by atoms with E-state index in [2.05, 4.69) is 15.9 Å². The Bertz CT molecular complexity index is 104. The van der Waals surface area contributed by atoms with E-state index in [1.807, 2.05) is 13.8 Å². The Morgan fingerprint density at radius 2 is 2.30 bits per heavy atom. The largest absolute Gasteiger partial charge is 0.465 e. The van der Waals surface area contributed by atoms with Crippen molar-refractivity contribution < 1.29 is 9.53 Å². The zero-order valence-corrected chi connectivity index (χ0v) is 7.98.